The largest absolute Gasteiger partial charge is 1.00 e. The van der Waals surface area contributed by atoms with Gasteiger partial charge in [0, 0.05) is 12.5 Å². The van der Waals surface area contributed by atoms with Crippen molar-refractivity contribution in [3.8, 4) is 34.3 Å². The molecule has 0 N–H and O–H groups in total. The van der Waals surface area contributed by atoms with E-state index in [2.05, 4.69) is 22.9 Å². The number of ether oxygens (including phenoxy) is 4. The van der Waals surface area contributed by atoms with Crippen LogP contribution in [0.25, 0.3) is 22.0 Å². The van der Waals surface area contributed by atoms with Gasteiger partial charge in [-0.2, -0.15) is 4.57 Å². The summed E-state index contributed by atoms with van der Waals surface area (Å²) in [6.07, 6.45) is 3.00. The fourth-order valence-electron chi connectivity index (χ4n) is 4.38. The Labute approximate surface area is 208 Å². The fraction of sp³-hybridized carbons (Fsp3) is 0.222. The molecule has 0 saturated heterocycles. The maximum Gasteiger partial charge on any atom is 0.213 e. The number of hydrogen-bond acceptors (Lipinski definition) is 4. The van der Waals surface area contributed by atoms with Crippen molar-refractivity contribution in [1.29, 1.82) is 0 Å². The first-order valence-electron chi connectivity index (χ1n) is 10.8. The number of methoxy groups -OCH3 is 3. The van der Waals surface area contributed by atoms with Gasteiger partial charge in [-0.3, -0.25) is 0 Å². The molecule has 0 radical (unpaired) electrons. The van der Waals surface area contributed by atoms with Gasteiger partial charge in [0.2, 0.25) is 5.69 Å². The quantitative estimate of drug-likeness (QED) is 0.361. The van der Waals surface area contributed by atoms with Crippen LogP contribution in [0.15, 0.2) is 60.8 Å². The molecule has 176 valence electrons. The molecule has 5 rings (SSSR count). The Kier molecular flexibility index (Phi) is 6.93. The second kappa shape index (κ2) is 9.89. The lowest BCUT2D eigenvalue weighted by Crippen LogP contribution is -3.00. The lowest BCUT2D eigenvalue weighted by atomic mass is 9.95. The molecule has 0 spiro atoms. The number of nitrogens with zero attached hydrogens (tertiary/aromatic N) is 1. The Morgan fingerprint density at radius 1 is 0.853 bits per heavy atom. The van der Waals surface area contributed by atoms with Gasteiger partial charge in [0.1, 0.15) is 12.4 Å². The van der Waals surface area contributed by atoms with Crippen LogP contribution in [0.4, 0.5) is 4.39 Å². The Bertz CT molecular complexity index is 1340. The first-order valence-corrected chi connectivity index (χ1v) is 10.8. The standard InChI is InChI=1S/C27H25FNO4.BrH/c1-30-24-9-6-18-12-23-21-14-26(32-3)25(31-2)13-19(21)10-11-29(23)15-22(18)27(24)33-16-17-4-7-20(28)8-5-17;/h4-9,12-15H,10-11,16H2,1-3H3;1H/q+1;/p-1. The van der Waals surface area contributed by atoms with Gasteiger partial charge in [0.25, 0.3) is 0 Å². The molecular weight excluding hydrogens is 501 g/mol. The van der Waals surface area contributed by atoms with Gasteiger partial charge in [-0.1, -0.05) is 12.1 Å². The minimum absolute atomic E-state index is 0. The van der Waals surface area contributed by atoms with Gasteiger partial charge < -0.3 is 35.9 Å². The van der Waals surface area contributed by atoms with Crippen molar-refractivity contribution in [3.63, 3.8) is 0 Å². The van der Waals surface area contributed by atoms with Crippen molar-refractivity contribution >= 4 is 10.8 Å². The van der Waals surface area contributed by atoms with E-state index in [1.54, 1.807) is 33.5 Å². The lowest BCUT2D eigenvalue weighted by molar-refractivity contribution is -0.686. The topological polar surface area (TPSA) is 40.8 Å². The predicted molar refractivity (Wildman–Crippen MR) is 124 cm³/mol. The minimum atomic E-state index is -0.265. The fourth-order valence-corrected chi connectivity index (χ4v) is 4.38. The van der Waals surface area contributed by atoms with Crippen molar-refractivity contribution in [2.75, 3.05) is 21.3 Å². The number of aromatic nitrogens is 1. The third-order valence-corrected chi connectivity index (χ3v) is 6.10. The third-order valence-electron chi connectivity index (χ3n) is 6.10. The second-order valence-electron chi connectivity index (χ2n) is 7.98. The number of rotatable bonds is 6. The molecule has 7 heteroatoms. The summed E-state index contributed by atoms with van der Waals surface area (Å²) in [7, 11) is 4.94. The average molecular weight is 526 g/mol. The molecule has 34 heavy (non-hydrogen) atoms. The number of halogens is 2. The molecule has 3 aromatic carbocycles. The molecule has 1 aromatic heterocycles. The highest BCUT2D eigenvalue weighted by molar-refractivity contribution is 5.91. The molecular formula is C27H25BrFNO4. The third kappa shape index (κ3) is 4.28. The van der Waals surface area contributed by atoms with E-state index in [1.807, 2.05) is 18.2 Å². The van der Waals surface area contributed by atoms with Crippen molar-refractivity contribution in [3.05, 3.63) is 77.7 Å². The van der Waals surface area contributed by atoms with Crippen molar-refractivity contribution < 1.29 is 44.9 Å². The molecule has 0 unspecified atom stereocenters. The van der Waals surface area contributed by atoms with E-state index in [1.165, 1.54) is 17.7 Å². The Balaban J connectivity index is 0.00000274. The Hall–Kier alpha value is -3.32. The summed E-state index contributed by atoms with van der Waals surface area (Å²) in [6, 6.07) is 16.5. The van der Waals surface area contributed by atoms with E-state index >= 15 is 0 Å². The molecule has 0 amide bonds. The van der Waals surface area contributed by atoms with Crippen LogP contribution in [0.3, 0.4) is 0 Å². The summed E-state index contributed by atoms with van der Waals surface area (Å²) >= 11 is 0. The highest BCUT2D eigenvalue weighted by Crippen LogP contribution is 2.40. The van der Waals surface area contributed by atoms with Gasteiger partial charge in [-0.25, -0.2) is 4.39 Å². The molecule has 1 aliphatic heterocycles. The zero-order chi connectivity index (χ0) is 22.9. The van der Waals surface area contributed by atoms with Gasteiger partial charge in [-0.05, 0) is 52.9 Å². The van der Waals surface area contributed by atoms with E-state index in [0.29, 0.717) is 23.9 Å². The number of aryl methyl sites for hydroxylation is 2. The monoisotopic (exact) mass is 525 g/mol. The Morgan fingerprint density at radius 3 is 2.26 bits per heavy atom. The van der Waals surface area contributed by atoms with Crippen LogP contribution in [0.1, 0.15) is 11.1 Å². The van der Waals surface area contributed by atoms with E-state index in [4.69, 9.17) is 18.9 Å². The van der Waals surface area contributed by atoms with Crippen molar-refractivity contribution in [2.24, 2.45) is 0 Å². The van der Waals surface area contributed by atoms with E-state index < -0.39 is 0 Å². The molecule has 0 bridgehead atoms. The molecule has 4 aromatic rings. The normalized spacial score (nSPS) is 11.8. The van der Waals surface area contributed by atoms with Gasteiger partial charge in [0.05, 0.1) is 32.3 Å². The van der Waals surface area contributed by atoms with Gasteiger partial charge in [0.15, 0.2) is 35.7 Å². The number of fused-ring (bicyclic) bond motifs is 4. The summed E-state index contributed by atoms with van der Waals surface area (Å²) in [5, 5.41) is 2.00. The highest BCUT2D eigenvalue weighted by Gasteiger charge is 2.27. The highest BCUT2D eigenvalue weighted by atomic mass is 79.9. The minimum Gasteiger partial charge on any atom is -1.00 e. The molecule has 0 aliphatic carbocycles. The second-order valence-corrected chi connectivity index (χ2v) is 7.98. The summed E-state index contributed by atoms with van der Waals surface area (Å²) < 4.78 is 38.3. The first kappa shape index (κ1) is 23.8. The van der Waals surface area contributed by atoms with Crippen LogP contribution >= 0.6 is 0 Å². The molecule has 0 atom stereocenters. The Morgan fingerprint density at radius 2 is 1.56 bits per heavy atom. The molecule has 1 aliphatic rings. The smallest absolute Gasteiger partial charge is 0.213 e. The van der Waals surface area contributed by atoms with Crippen LogP contribution in [0, 0.1) is 5.82 Å². The lowest BCUT2D eigenvalue weighted by Gasteiger charge is -2.19. The molecule has 5 nitrogen and oxygen atoms in total. The zero-order valence-corrected chi connectivity index (χ0v) is 20.8. The van der Waals surface area contributed by atoms with Crippen LogP contribution in [0.5, 0.6) is 23.0 Å². The van der Waals surface area contributed by atoms with Crippen LogP contribution in [-0.4, -0.2) is 21.3 Å². The summed E-state index contributed by atoms with van der Waals surface area (Å²) in [5.41, 5.74) is 4.36. The number of hydrogen-bond donors (Lipinski definition) is 0. The van der Waals surface area contributed by atoms with Crippen LogP contribution in [0.2, 0.25) is 0 Å². The molecule has 0 saturated carbocycles. The summed E-state index contributed by atoms with van der Waals surface area (Å²) in [5.74, 6) is 2.52. The first-order chi connectivity index (χ1) is 16.1. The van der Waals surface area contributed by atoms with E-state index in [-0.39, 0.29) is 22.8 Å². The van der Waals surface area contributed by atoms with E-state index in [0.717, 1.165) is 46.3 Å². The number of pyridine rings is 1. The average Bonchev–Trinajstić information content (AvgIpc) is 2.86. The maximum atomic E-state index is 13.3. The van der Waals surface area contributed by atoms with Gasteiger partial charge in [-0.15, -0.1) is 0 Å². The van der Waals surface area contributed by atoms with Crippen molar-refractivity contribution in [1.82, 2.24) is 0 Å². The summed E-state index contributed by atoms with van der Waals surface area (Å²) in [4.78, 5) is 0. The van der Waals surface area contributed by atoms with Gasteiger partial charge >= 0.3 is 0 Å². The zero-order valence-electron chi connectivity index (χ0n) is 19.2. The van der Waals surface area contributed by atoms with Crippen molar-refractivity contribution in [2.45, 2.75) is 19.6 Å². The predicted octanol–water partition coefficient (Wildman–Crippen LogP) is 2.10. The summed E-state index contributed by atoms with van der Waals surface area (Å²) in [6.45, 7) is 1.15. The maximum absolute atomic E-state index is 13.3. The molecule has 2 heterocycles. The van der Waals surface area contributed by atoms with E-state index in [9.17, 15) is 4.39 Å². The molecule has 0 fully saturated rings. The SMILES string of the molecule is COc1cc2c(cc1OC)-c1cc3ccc(OC)c(OCc4ccc(F)cc4)c3c[n+]1CC2.[Br-]. The van der Waals surface area contributed by atoms with Crippen LogP contribution < -0.4 is 40.5 Å². The van der Waals surface area contributed by atoms with Crippen LogP contribution in [-0.2, 0) is 19.6 Å². The number of benzene rings is 3.